The molecule has 2 aromatic carbocycles. The van der Waals surface area contributed by atoms with Crippen molar-refractivity contribution >= 4 is 5.97 Å². The van der Waals surface area contributed by atoms with Gasteiger partial charge in [0.2, 0.25) is 5.88 Å². The van der Waals surface area contributed by atoms with Gasteiger partial charge in [-0.2, -0.15) is 5.10 Å². The monoisotopic (exact) mass is 495 g/mol. The zero-order valence-corrected chi connectivity index (χ0v) is 20.9. The van der Waals surface area contributed by atoms with E-state index in [1.54, 1.807) is 18.7 Å². The largest absolute Gasteiger partial charge is 0.491 e. The highest BCUT2D eigenvalue weighted by Crippen LogP contribution is 2.27. The molecule has 0 atom stereocenters. The number of carbonyl (C=O) groups is 1. The third-order valence-electron chi connectivity index (χ3n) is 5.83. The minimum absolute atomic E-state index is 0.280. The minimum atomic E-state index is -0.449. The van der Waals surface area contributed by atoms with E-state index in [0.29, 0.717) is 31.3 Å². The molecule has 9 heteroatoms. The van der Waals surface area contributed by atoms with Crippen LogP contribution in [0.25, 0.3) is 16.8 Å². The molecule has 0 N–H and O–H groups in total. The van der Waals surface area contributed by atoms with Crippen LogP contribution in [0.1, 0.15) is 17.3 Å². The van der Waals surface area contributed by atoms with E-state index in [4.69, 9.17) is 23.7 Å². The van der Waals surface area contributed by atoms with Crippen molar-refractivity contribution in [3.63, 3.8) is 0 Å². The molecule has 2 heterocycles. The number of morpholine rings is 1. The fourth-order valence-corrected chi connectivity index (χ4v) is 3.89. The predicted octanol–water partition coefficient (Wildman–Crippen LogP) is 3.45. The second-order valence-corrected chi connectivity index (χ2v) is 8.21. The second kappa shape index (κ2) is 13.1. The van der Waals surface area contributed by atoms with E-state index >= 15 is 0 Å². The molecule has 9 nitrogen and oxygen atoms in total. The van der Waals surface area contributed by atoms with Crippen molar-refractivity contribution in [2.24, 2.45) is 0 Å². The third-order valence-corrected chi connectivity index (χ3v) is 5.83. The highest BCUT2D eigenvalue weighted by molar-refractivity contribution is 5.92. The van der Waals surface area contributed by atoms with Crippen LogP contribution in [0.2, 0.25) is 0 Å². The van der Waals surface area contributed by atoms with E-state index in [-0.39, 0.29) is 6.61 Å². The third kappa shape index (κ3) is 6.63. The summed E-state index contributed by atoms with van der Waals surface area (Å²) in [4.78, 5) is 14.8. The predicted molar refractivity (Wildman–Crippen MR) is 135 cm³/mol. The van der Waals surface area contributed by atoms with Crippen molar-refractivity contribution < 1.29 is 28.5 Å². The standard InChI is InChI=1S/C27H33N3O6/c1-3-34-27(31)25-20-28-30(26(25)36-17-14-29-12-15-33-16-13-29)23-8-4-21(5-9-23)22-6-10-24(11-7-22)35-19-18-32-2/h4-11,20H,3,12-19H2,1-2H3. The van der Waals surface area contributed by atoms with Crippen LogP contribution < -0.4 is 9.47 Å². The molecule has 36 heavy (non-hydrogen) atoms. The maximum absolute atomic E-state index is 12.5. The van der Waals surface area contributed by atoms with Gasteiger partial charge in [-0.05, 0) is 42.3 Å². The highest BCUT2D eigenvalue weighted by atomic mass is 16.5. The number of esters is 1. The Bertz CT molecular complexity index is 1090. The van der Waals surface area contributed by atoms with Crippen molar-refractivity contribution in [1.82, 2.24) is 14.7 Å². The maximum atomic E-state index is 12.5. The van der Waals surface area contributed by atoms with E-state index in [2.05, 4.69) is 10.00 Å². The number of benzene rings is 2. The summed E-state index contributed by atoms with van der Waals surface area (Å²) in [6.45, 7) is 7.47. The van der Waals surface area contributed by atoms with Gasteiger partial charge in [0.05, 0.1) is 38.3 Å². The van der Waals surface area contributed by atoms with E-state index in [0.717, 1.165) is 55.4 Å². The minimum Gasteiger partial charge on any atom is -0.491 e. The summed E-state index contributed by atoms with van der Waals surface area (Å²) in [5.74, 6) is 0.732. The number of rotatable bonds is 12. The normalized spacial score (nSPS) is 13.9. The first-order valence-corrected chi connectivity index (χ1v) is 12.2. The van der Waals surface area contributed by atoms with Gasteiger partial charge < -0.3 is 23.7 Å². The Labute approximate surface area is 211 Å². The Hall–Kier alpha value is -3.40. The number of ether oxygens (including phenoxy) is 5. The van der Waals surface area contributed by atoms with Gasteiger partial charge in [0.15, 0.2) is 0 Å². The molecule has 1 aliphatic heterocycles. The molecule has 192 valence electrons. The van der Waals surface area contributed by atoms with Crippen molar-refractivity contribution in [1.29, 1.82) is 0 Å². The molecule has 1 aromatic heterocycles. The lowest BCUT2D eigenvalue weighted by Crippen LogP contribution is -2.38. The SMILES string of the molecule is CCOC(=O)c1cnn(-c2ccc(-c3ccc(OCCOC)cc3)cc2)c1OCCN1CCOCC1. The van der Waals surface area contributed by atoms with E-state index in [1.807, 2.05) is 48.5 Å². The number of hydrogen-bond donors (Lipinski definition) is 0. The molecule has 0 unspecified atom stereocenters. The first-order valence-electron chi connectivity index (χ1n) is 12.2. The maximum Gasteiger partial charge on any atom is 0.345 e. The molecule has 0 aliphatic carbocycles. The van der Waals surface area contributed by atoms with Gasteiger partial charge in [0.1, 0.15) is 24.5 Å². The lowest BCUT2D eigenvalue weighted by molar-refractivity contribution is 0.0316. The summed E-state index contributed by atoms with van der Waals surface area (Å²) >= 11 is 0. The van der Waals surface area contributed by atoms with Crippen LogP contribution >= 0.6 is 0 Å². The van der Waals surface area contributed by atoms with Crippen molar-refractivity contribution in [3.05, 3.63) is 60.3 Å². The molecule has 0 spiro atoms. The van der Waals surface area contributed by atoms with E-state index < -0.39 is 5.97 Å². The molecule has 0 saturated carbocycles. The lowest BCUT2D eigenvalue weighted by Gasteiger charge is -2.26. The van der Waals surface area contributed by atoms with Crippen molar-refractivity contribution in [2.75, 3.05) is 66.4 Å². The van der Waals surface area contributed by atoms with Crippen LogP contribution in [-0.4, -0.2) is 87.0 Å². The van der Waals surface area contributed by atoms with Gasteiger partial charge in [0.25, 0.3) is 0 Å². The van der Waals surface area contributed by atoms with Crippen LogP contribution in [-0.2, 0) is 14.2 Å². The van der Waals surface area contributed by atoms with Crippen molar-refractivity contribution in [2.45, 2.75) is 6.92 Å². The topological polar surface area (TPSA) is 84.3 Å². The smallest absolute Gasteiger partial charge is 0.345 e. The Morgan fingerprint density at radius 3 is 2.31 bits per heavy atom. The van der Waals surface area contributed by atoms with E-state index in [1.165, 1.54) is 6.20 Å². The molecule has 0 radical (unpaired) electrons. The highest BCUT2D eigenvalue weighted by Gasteiger charge is 2.22. The molecular weight excluding hydrogens is 462 g/mol. The average Bonchev–Trinajstić information content (AvgIpc) is 3.34. The summed E-state index contributed by atoms with van der Waals surface area (Å²) in [7, 11) is 1.65. The average molecular weight is 496 g/mol. The molecule has 0 amide bonds. The Morgan fingerprint density at radius 2 is 1.64 bits per heavy atom. The number of nitrogens with zero attached hydrogens (tertiary/aromatic N) is 3. The summed E-state index contributed by atoms with van der Waals surface area (Å²) in [5.41, 5.74) is 3.22. The zero-order chi connectivity index (χ0) is 25.2. The summed E-state index contributed by atoms with van der Waals surface area (Å²) in [6.07, 6.45) is 1.50. The molecule has 1 saturated heterocycles. The molecule has 4 rings (SSSR count). The number of hydrogen-bond acceptors (Lipinski definition) is 8. The fraction of sp³-hybridized carbons (Fsp3) is 0.407. The first-order chi connectivity index (χ1) is 17.7. The lowest BCUT2D eigenvalue weighted by atomic mass is 10.1. The summed E-state index contributed by atoms with van der Waals surface area (Å²) in [5, 5.41) is 4.44. The Balaban J connectivity index is 1.48. The number of carbonyl (C=O) groups excluding carboxylic acids is 1. The number of methoxy groups -OCH3 is 1. The molecule has 1 fully saturated rings. The van der Waals surface area contributed by atoms with Gasteiger partial charge in [0, 0.05) is 26.7 Å². The van der Waals surface area contributed by atoms with E-state index in [9.17, 15) is 4.79 Å². The fourth-order valence-electron chi connectivity index (χ4n) is 3.89. The van der Waals surface area contributed by atoms with Crippen LogP contribution in [0, 0.1) is 0 Å². The van der Waals surface area contributed by atoms with Gasteiger partial charge in [-0.25, -0.2) is 9.48 Å². The van der Waals surface area contributed by atoms with Crippen LogP contribution in [0.5, 0.6) is 11.6 Å². The van der Waals surface area contributed by atoms with Crippen molar-refractivity contribution in [3.8, 4) is 28.4 Å². The summed E-state index contributed by atoms with van der Waals surface area (Å²) in [6, 6.07) is 15.9. The quantitative estimate of drug-likeness (QED) is 0.279. The Morgan fingerprint density at radius 1 is 0.944 bits per heavy atom. The van der Waals surface area contributed by atoms with Crippen LogP contribution in [0.4, 0.5) is 0 Å². The van der Waals surface area contributed by atoms with Crippen LogP contribution in [0.3, 0.4) is 0 Å². The van der Waals surface area contributed by atoms with Gasteiger partial charge in [-0.1, -0.05) is 24.3 Å². The first kappa shape index (κ1) is 25.7. The Kier molecular flexibility index (Phi) is 9.32. The van der Waals surface area contributed by atoms with Gasteiger partial charge in [-0.15, -0.1) is 0 Å². The summed E-state index contributed by atoms with van der Waals surface area (Å²) < 4.78 is 29.0. The van der Waals surface area contributed by atoms with Gasteiger partial charge >= 0.3 is 5.97 Å². The molecule has 3 aromatic rings. The molecular formula is C27H33N3O6. The molecule has 0 bridgehead atoms. The second-order valence-electron chi connectivity index (χ2n) is 8.21. The molecule has 1 aliphatic rings. The zero-order valence-electron chi connectivity index (χ0n) is 20.9. The van der Waals surface area contributed by atoms with Crippen LogP contribution in [0.15, 0.2) is 54.7 Å². The number of aromatic nitrogens is 2. The van der Waals surface area contributed by atoms with Gasteiger partial charge in [-0.3, -0.25) is 4.90 Å².